The molecule has 116 valence electrons. The van der Waals surface area contributed by atoms with Gasteiger partial charge in [0.25, 0.3) is 0 Å². The van der Waals surface area contributed by atoms with Crippen molar-refractivity contribution in [1.82, 2.24) is 0 Å². The number of fused-ring (bicyclic) bond motifs is 1. The second-order valence-corrected chi connectivity index (χ2v) is 6.70. The van der Waals surface area contributed by atoms with Crippen LogP contribution in [0, 0.1) is 0 Å². The summed E-state index contributed by atoms with van der Waals surface area (Å²) < 4.78 is 0. The Morgan fingerprint density at radius 1 is 0.913 bits per heavy atom. The summed E-state index contributed by atoms with van der Waals surface area (Å²) in [5.41, 5.74) is 0.671. The van der Waals surface area contributed by atoms with E-state index >= 15 is 0 Å². The van der Waals surface area contributed by atoms with Gasteiger partial charge in [-0.3, -0.25) is 4.79 Å². The molecule has 0 radical (unpaired) electrons. The Morgan fingerprint density at radius 3 is 2.35 bits per heavy atom. The lowest BCUT2D eigenvalue weighted by Gasteiger charge is -2.18. The Bertz CT molecular complexity index is 814. The number of hydrogen-bond donors (Lipinski definition) is 1. The van der Waals surface area contributed by atoms with Crippen molar-refractivity contribution < 1.29 is 9.90 Å². The van der Waals surface area contributed by atoms with Crippen molar-refractivity contribution in [2.75, 3.05) is 0 Å². The molecule has 0 amide bonds. The number of rotatable bonds is 4. The van der Waals surface area contributed by atoms with Crippen LogP contribution >= 0.6 is 23.4 Å². The number of hydrogen-bond acceptors (Lipinski definition) is 3. The monoisotopic (exact) mass is 342 g/mol. The van der Waals surface area contributed by atoms with Gasteiger partial charge in [-0.2, -0.15) is 0 Å². The van der Waals surface area contributed by atoms with Crippen molar-refractivity contribution in [3.63, 3.8) is 0 Å². The average Bonchev–Trinajstić information content (AvgIpc) is 2.60. The fourth-order valence-corrected chi connectivity index (χ4v) is 3.49. The number of thioether (sulfide) groups is 1. The van der Waals surface area contributed by atoms with Crippen LogP contribution < -0.4 is 0 Å². The molecule has 4 heteroatoms. The summed E-state index contributed by atoms with van der Waals surface area (Å²) in [5, 5.41) is 11.2. The number of alkyl halides is 1. The van der Waals surface area contributed by atoms with E-state index < -0.39 is 11.5 Å². The SMILES string of the molecule is O=C(Sc1ccccc1)[C@@H](Cl)[C@H](O)c1cccc2ccccc12. The molecule has 23 heavy (non-hydrogen) atoms. The van der Waals surface area contributed by atoms with Gasteiger partial charge in [0.1, 0.15) is 11.5 Å². The fourth-order valence-electron chi connectivity index (χ4n) is 2.46. The molecule has 0 saturated carbocycles. The van der Waals surface area contributed by atoms with Gasteiger partial charge in [0.15, 0.2) is 0 Å². The van der Waals surface area contributed by atoms with Crippen LogP contribution in [0.4, 0.5) is 0 Å². The summed E-state index contributed by atoms with van der Waals surface area (Å²) in [6.07, 6.45) is -1.05. The van der Waals surface area contributed by atoms with Gasteiger partial charge in [0, 0.05) is 4.90 Å². The largest absolute Gasteiger partial charge is 0.386 e. The Labute approximate surface area is 144 Å². The van der Waals surface area contributed by atoms with Crippen LogP contribution in [0.2, 0.25) is 0 Å². The standard InChI is InChI=1S/C19H15ClO2S/c20-17(19(22)23-14-9-2-1-3-10-14)18(21)16-12-6-8-13-7-4-5-11-15(13)16/h1-12,17-18,21H/t17-,18+/m0/s1. The smallest absolute Gasteiger partial charge is 0.214 e. The van der Waals surface area contributed by atoms with Gasteiger partial charge in [0.05, 0.1) is 0 Å². The maximum absolute atomic E-state index is 12.3. The van der Waals surface area contributed by atoms with Crippen LogP contribution in [0.5, 0.6) is 0 Å². The second-order valence-electron chi connectivity index (χ2n) is 5.15. The minimum absolute atomic E-state index is 0.265. The molecule has 1 N–H and O–H groups in total. The molecule has 2 nitrogen and oxygen atoms in total. The summed E-state index contributed by atoms with van der Waals surface area (Å²) in [6, 6.07) is 22.7. The van der Waals surface area contributed by atoms with Crippen LogP contribution in [0.3, 0.4) is 0 Å². The Balaban J connectivity index is 1.83. The molecule has 2 atom stereocenters. The molecule has 0 saturated heterocycles. The van der Waals surface area contributed by atoms with E-state index in [4.69, 9.17) is 11.6 Å². The average molecular weight is 343 g/mol. The van der Waals surface area contributed by atoms with Crippen LogP contribution in [0.1, 0.15) is 11.7 Å². The number of carbonyl (C=O) groups is 1. The third-order valence-corrected chi connectivity index (χ3v) is 5.14. The van der Waals surface area contributed by atoms with E-state index in [1.807, 2.05) is 72.8 Å². The van der Waals surface area contributed by atoms with Crippen molar-refractivity contribution in [3.05, 3.63) is 78.4 Å². The lowest BCUT2D eigenvalue weighted by molar-refractivity contribution is -0.112. The summed E-state index contributed by atoms with van der Waals surface area (Å²) in [5.74, 6) is 0. The summed E-state index contributed by atoms with van der Waals surface area (Å²) in [6.45, 7) is 0. The quantitative estimate of drug-likeness (QED) is 0.546. The Kier molecular flexibility index (Phi) is 5.01. The Morgan fingerprint density at radius 2 is 1.57 bits per heavy atom. The molecule has 0 heterocycles. The number of carbonyl (C=O) groups excluding carboxylic acids is 1. The zero-order valence-corrected chi connectivity index (χ0v) is 13.8. The van der Waals surface area contributed by atoms with Crippen molar-refractivity contribution >= 4 is 39.3 Å². The van der Waals surface area contributed by atoms with Crippen LogP contribution in [0.25, 0.3) is 10.8 Å². The highest BCUT2D eigenvalue weighted by atomic mass is 35.5. The van der Waals surface area contributed by atoms with Crippen LogP contribution in [-0.2, 0) is 4.79 Å². The van der Waals surface area contributed by atoms with Crippen molar-refractivity contribution in [2.45, 2.75) is 16.4 Å². The molecule has 3 aromatic rings. The van der Waals surface area contributed by atoms with Gasteiger partial charge in [-0.05, 0) is 28.5 Å². The van der Waals surface area contributed by atoms with E-state index in [0.29, 0.717) is 5.56 Å². The maximum atomic E-state index is 12.3. The molecule has 3 aromatic carbocycles. The molecule has 3 rings (SSSR count). The first-order chi connectivity index (χ1) is 11.2. The highest BCUT2D eigenvalue weighted by Gasteiger charge is 2.27. The van der Waals surface area contributed by atoms with E-state index in [0.717, 1.165) is 27.4 Å². The molecule has 0 aromatic heterocycles. The van der Waals surface area contributed by atoms with E-state index in [-0.39, 0.29) is 5.12 Å². The topological polar surface area (TPSA) is 37.3 Å². The predicted molar refractivity (Wildman–Crippen MR) is 95.9 cm³/mol. The van der Waals surface area contributed by atoms with E-state index in [1.165, 1.54) is 0 Å². The normalized spacial score (nSPS) is 13.7. The maximum Gasteiger partial charge on any atom is 0.214 e. The molecule has 0 fully saturated rings. The van der Waals surface area contributed by atoms with Gasteiger partial charge in [-0.1, -0.05) is 72.4 Å². The first-order valence-corrected chi connectivity index (χ1v) is 8.48. The molecule has 0 aliphatic rings. The van der Waals surface area contributed by atoms with Gasteiger partial charge in [-0.25, -0.2) is 0 Å². The summed E-state index contributed by atoms with van der Waals surface area (Å²) >= 11 is 7.30. The minimum atomic E-state index is -1.05. The number of benzene rings is 3. The zero-order valence-electron chi connectivity index (χ0n) is 12.2. The van der Waals surface area contributed by atoms with E-state index in [9.17, 15) is 9.90 Å². The van der Waals surface area contributed by atoms with Gasteiger partial charge in [0.2, 0.25) is 5.12 Å². The number of aliphatic hydroxyl groups excluding tert-OH is 1. The molecular weight excluding hydrogens is 328 g/mol. The fraction of sp³-hybridized carbons (Fsp3) is 0.105. The Hall–Kier alpha value is -1.81. The molecule has 0 unspecified atom stereocenters. The van der Waals surface area contributed by atoms with E-state index in [2.05, 4.69) is 0 Å². The second kappa shape index (κ2) is 7.18. The lowest BCUT2D eigenvalue weighted by atomic mass is 9.99. The minimum Gasteiger partial charge on any atom is -0.386 e. The van der Waals surface area contributed by atoms with Crippen LogP contribution in [0.15, 0.2) is 77.7 Å². The first-order valence-electron chi connectivity index (χ1n) is 7.23. The van der Waals surface area contributed by atoms with Gasteiger partial charge >= 0.3 is 0 Å². The molecule has 0 bridgehead atoms. The number of aliphatic hydroxyl groups is 1. The first kappa shape index (κ1) is 16.1. The van der Waals surface area contributed by atoms with Crippen molar-refractivity contribution in [1.29, 1.82) is 0 Å². The van der Waals surface area contributed by atoms with E-state index in [1.54, 1.807) is 0 Å². The highest BCUT2D eigenvalue weighted by Crippen LogP contribution is 2.32. The van der Waals surface area contributed by atoms with Crippen molar-refractivity contribution in [3.8, 4) is 0 Å². The zero-order chi connectivity index (χ0) is 16.2. The summed E-state index contributed by atoms with van der Waals surface area (Å²) in [4.78, 5) is 13.1. The molecule has 0 aliphatic carbocycles. The highest BCUT2D eigenvalue weighted by molar-refractivity contribution is 8.14. The predicted octanol–water partition coefficient (Wildman–Crippen LogP) is 4.80. The summed E-state index contributed by atoms with van der Waals surface area (Å²) in [7, 11) is 0. The molecule has 0 spiro atoms. The third-order valence-electron chi connectivity index (χ3n) is 3.61. The molecular formula is C19H15ClO2S. The van der Waals surface area contributed by atoms with Crippen LogP contribution in [-0.4, -0.2) is 15.6 Å². The third kappa shape index (κ3) is 3.58. The lowest BCUT2D eigenvalue weighted by Crippen LogP contribution is -2.20. The van der Waals surface area contributed by atoms with Gasteiger partial charge < -0.3 is 5.11 Å². The van der Waals surface area contributed by atoms with Gasteiger partial charge in [-0.15, -0.1) is 11.6 Å². The number of halogens is 1. The molecule has 0 aliphatic heterocycles. The van der Waals surface area contributed by atoms with Crippen molar-refractivity contribution in [2.24, 2.45) is 0 Å².